The highest BCUT2D eigenvalue weighted by Crippen LogP contribution is 2.24. The maximum absolute atomic E-state index is 13.5. The molecule has 3 nitrogen and oxygen atoms in total. The summed E-state index contributed by atoms with van der Waals surface area (Å²) in [6, 6.07) is 4.66. The zero-order valence-electron chi connectivity index (χ0n) is 10.5. The Labute approximate surface area is 101 Å². The van der Waals surface area contributed by atoms with Crippen LogP contribution in [0.15, 0.2) is 18.2 Å². The van der Waals surface area contributed by atoms with Crippen LogP contribution >= 0.6 is 0 Å². The van der Waals surface area contributed by atoms with Crippen LogP contribution in [0.5, 0.6) is 5.75 Å². The molecule has 1 atom stereocenters. The lowest BCUT2D eigenvalue weighted by Crippen LogP contribution is -2.25. The quantitative estimate of drug-likeness (QED) is 0.759. The second kappa shape index (κ2) is 5.66. The summed E-state index contributed by atoms with van der Waals surface area (Å²) in [6.45, 7) is 5.52. The van der Waals surface area contributed by atoms with Crippen LogP contribution in [-0.4, -0.2) is 19.2 Å². The Kier molecular flexibility index (Phi) is 4.49. The van der Waals surface area contributed by atoms with Gasteiger partial charge in [-0.2, -0.15) is 0 Å². The van der Waals surface area contributed by atoms with Crippen LogP contribution in [0, 0.1) is 5.82 Å². The highest BCUT2D eigenvalue weighted by atomic mass is 19.1. The Hall–Kier alpha value is -1.58. The predicted molar refractivity (Wildman–Crippen MR) is 62.6 cm³/mol. The lowest BCUT2D eigenvalue weighted by molar-refractivity contribution is -0.148. The van der Waals surface area contributed by atoms with Crippen molar-refractivity contribution in [2.45, 2.75) is 32.8 Å². The molecule has 0 aliphatic heterocycles. The molecule has 17 heavy (non-hydrogen) atoms. The van der Waals surface area contributed by atoms with Gasteiger partial charge >= 0.3 is 5.97 Å². The average Bonchev–Trinajstić information content (AvgIpc) is 2.30. The monoisotopic (exact) mass is 240 g/mol. The summed E-state index contributed by atoms with van der Waals surface area (Å²) in [5, 5.41) is 0. The molecule has 0 radical (unpaired) electrons. The molecular formula is C13H17FO3. The summed E-state index contributed by atoms with van der Waals surface area (Å²) in [5.41, 5.74) is 0.957. The Morgan fingerprint density at radius 3 is 2.47 bits per heavy atom. The second-order valence-electron chi connectivity index (χ2n) is 4.13. The summed E-state index contributed by atoms with van der Waals surface area (Å²) < 4.78 is 23.2. The molecule has 0 fully saturated rings. The van der Waals surface area contributed by atoms with E-state index in [4.69, 9.17) is 4.74 Å². The number of halogens is 1. The molecule has 0 bridgehead atoms. The summed E-state index contributed by atoms with van der Waals surface area (Å²) in [6.07, 6.45) is -0.822. The van der Waals surface area contributed by atoms with Gasteiger partial charge in [0.15, 0.2) is 17.7 Å². The SMILES string of the molecule is COC(=O)C(C)Oc1cc(C(C)C)ccc1F. The van der Waals surface area contributed by atoms with Crippen LogP contribution in [0.25, 0.3) is 0 Å². The summed E-state index contributed by atoms with van der Waals surface area (Å²) >= 11 is 0. The van der Waals surface area contributed by atoms with Gasteiger partial charge in [-0.05, 0) is 30.5 Å². The minimum Gasteiger partial charge on any atom is -0.476 e. The maximum atomic E-state index is 13.5. The fourth-order valence-electron chi connectivity index (χ4n) is 1.37. The Morgan fingerprint density at radius 1 is 1.29 bits per heavy atom. The molecular weight excluding hydrogens is 223 g/mol. The van der Waals surface area contributed by atoms with Gasteiger partial charge in [-0.3, -0.25) is 0 Å². The number of benzene rings is 1. The van der Waals surface area contributed by atoms with E-state index in [2.05, 4.69) is 4.74 Å². The Balaban J connectivity index is 2.89. The third kappa shape index (κ3) is 3.44. The van der Waals surface area contributed by atoms with E-state index in [1.807, 2.05) is 13.8 Å². The molecule has 0 aromatic heterocycles. The van der Waals surface area contributed by atoms with E-state index in [1.54, 1.807) is 12.1 Å². The smallest absolute Gasteiger partial charge is 0.346 e. The van der Waals surface area contributed by atoms with Gasteiger partial charge in [0, 0.05) is 0 Å². The maximum Gasteiger partial charge on any atom is 0.346 e. The van der Waals surface area contributed by atoms with E-state index in [1.165, 1.54) is 20.1 Å². The largest absolute Gasteiger partial charge is 0.476 e. The van der Waals surface area contributed by atoms with Crippen molar-refractivity contribution in [2.75, 3.05) is 7.11 Å². The molecule has 0 aliphatic carbocycles. The van der Waals surface area contributed by atoms with Gasteiger partial charge in [-0.25, -0.2) is 9.18 Å². The first kappa shape index (κ1) is 13.5. The van der Waals surface area contributed by atoms with Crippen LogP contribution < -0.4 is 4.74 Å². The molecule has 0 N–H and O–H groups in total. The van der Waals surface area contributed by atoms with E-state index >= 15 is 0 Å². The van der Waals surface area contributed by atoms with Gasteiger partial charge in [0.1, 0.15) is 0 Å². The number of rotatable bonds is 4. The lowest BCUT2D eigenvalue weighted by Gasteiger charge is -2.14. The molecule has 0 spiro atoms. The number of hydrogen-bond donors (Lipinski definition) is 0. The lowest BCUT2D eigenvalue weighted by atomic mass is 10.0. The first-order valence-electron chi connectivity index (χ1n) is 5.49. The van der Waals surface area contributed by atoms with Crippen molar-refractivity contribution in [3.8, 4) is 5.75 Å². The van der Waals surface area contributed by atoms with E-state index in [9.17, 15) is 9.18 Å². The zero-order valence-corrected chi connectivity index (χ0v) is 10.5. The normalized spacial score (nSPS) is 12.4. The minimum absolute atomic E-state index is 0.0779. The molecule has 0 amide bonds. The third-order valence-corrected chi connectivity index (χ3v) is 2.46. The van der Waals surface area contributed by atoms with Gasteiger partial charge < -0.3 is 9.47 Å². The predicted octanol–water partition coefficient (Wildman–Crippen LogP) is 2.89. The Morgan fingerprint density at radius 2 is 1.94 bits per heavy atom. The summed E-state index contributed by atoms with van der Waals surface area (Å²) in [4.78, 5) is 11.2. The van der Waals surface area contributed by atoms with Crippen molar-refractivity contribution in [3.05, 3.63) is 29.6 Å². The van der Waals surface area contributed by atoms with Crippen LogP contribution in [0.3, 0.4) is 0 Å². The van der Waals surface area contributed by atoms with Crippen LogP contribution in [0.4, 0.5) is 4.39 Å². The topological polar surface area (TPSA) is 35.5 Å². The molecule has 0 heterocycles. The molecule has 1 unspecified atom stereocenters. The second-order valence-corrected chi connectivity index (χ2v) is 4.13. The van der Waals surface area contributed by atoms with Gasteiger partial charge in [0.25, 0.3) is 0 Å². The number of esters is 1. The van der Waals surface area contributed by atoms with Crippen molar-refractivity contribution < 1.29 is 18.7 Å². The number of carbonyl (C=O) groups excluding carboxylic acids is 1. The first-order chi connectivity index (χ1) is 7.95. The van der Waals surface area contributed by atoms with Crippen molar-refractivity contribution in [1.82, 2.24) is 0 Å². The molecule has 4 heteroatoms. The van der Waals surface area contributed by atoms with Crippen molar-refractivity contribution >= 4 is 5.97 Å². The van der Waals surface area contributed by atoms with Crippen LogP contribution in [0.2, 0.25) is 0 Å². The number of ether oxygens (including phenoxy) is 2. The first-order valence-corrected chi connectivity index (χ1v) is 5.49. The van der Waals surface area contributed by atoms with Gasteiger partial charge in [-0.1, -0.05) is 19.9 Å². The van der Waals surface area contributed by atoms with E-state index in [0.717, 1.165) is 5.56 Å². The molecule has 1 aromatic rings. The van der Waals surface area contributed by atoms with Gasteiger partial charge in [0.2, 0.25) is 0 Å². The summed E-state index contributed by atoms with van der Waals surface area (Å²) in [7, 11) is 1.27. The van der Waals surface area contributed by atoms with Crippen LogP contribution in [0.1, 0.15) is 32.3 Å². The molecule has 0 aliphatic rings. The number of carbonyl (C=O) groups is 1. The third-order valence-electron chi connectivity index (χ3n) is 2.46. The zero-order chi connectivity index (χ0) is 13.0. The molecule has 0 saturated carbocycles. The van der Waals surface area contributed by atoms with Crippen molar-refractivity contribution in [1.29, 1.82) is 0 Å². The number of methoxy groups -OCH3 is 1. The fraction of sp³-hybridized carbons (Fsp3) is 0.462. The van der Waals surface area contributed by atoms with Gasteiger partial charge in [-0.15, -0.1) is 0 Å². The fourth-order valence-corrected chi connectivity index (χ4v) is 1.37. The average molecular weight is 240 g/mol. The molecule has 1 aromatic carbocycles. The highest BCUT2D eigenvalue weighted by molar-refractivity contribution is 5.74. The standard InChI is InChI=1S/C13H17FO3/c1-8(2)10-5-6-11(14)12(7-10)17-9(3)13(15)16-4/h5-9H,1-4H3. The molecule has 0 saturated heterocycles. The summed E-state index contributed by atoms with van der Waals surface area (Å²) in [5.74, 6) is -0.662. The van der Waals surface area contributed by atoms with Crippen LogP contribution in [-0.2, 0) is 9.53 Å². The van der Waals surface area contributed by atoms with Crippen molar-refractivity contribution in [3.63, 3.8) is 0 Å². The van der Waals surface area contributed by atoms with E-state index in [-0.39, 0.29) is 11.7 Å². The van der Waals surface area contributed by atoms with Crippen molar-refractivity contribution in [2.24, 2.45) is 0 Å². The van der Waals surface area contributed by atoms with Gasteiger partial charge in [0.05, 0.1) is 7.11 Å². The Bertz CT molecular complexity index is 402. The van der Waals surface area contributed by atoms with E-state index < -0.39 is 17.9 Å². The minimum atomic E-state index is -0.822. The van der Waals surface area contributed by atoms with E-state index in [0.29, 0.717) is 0 Å². The number of hydrogen-bond acceptors (Lipinski definition) is 3. The molecule has 1 rings (SSSR count). The molecule has 94 valence electrons. The highest BCUT2D eigenvalue weighted by Gasteiger charge is 2.17.